The Labute approximate surface area is 108 Å². The molecule has 2 unspecified atom stereocenters. The Bertz CT molecular complexity index is 413. The number of hydrogen-bond acceptors (Lipinski definition) is 3. The average molecular weight is 247 g/mol. The maximum atomic E-state index is 9.81. The molecule has 2 atom stereocenters. The lowest BCUT2D eigenvalue weighted by molar-refractivity contribution is 0.0153. The number of benzene rings is 1. The SMILES string of the molecule is Oc1cccc2c1CCC2NCC1CCCCO1. The van der Waals surface area contributed by atoms with E-state index in [9.17, 15) is 5.11 Å². The molecule has 0 saturated carbocycles. The molecule has 0 amide bonds. The predicted octanol–water partition coefficient (Wildman–Crippen LogP) is 2.54. The number of hydrogen-bond donors (Lipinski definition) is 2. The second-order valence-corrected chi connectivity index (χ2v) is 5.33. The molecule has 1 saturated heterocycles. The molecular weight excluding hydrogens is 226 g/mol. The van der Waals surface area contributed by atoms with Crippen LogP contribution >= 0.6 is 0 Å². The Hall–Kier alpha value is -1.06. The number of ether oxygens (including phenoxy) is 1. The predicted molar refractivity (Wildman–Crippen MR) is 70.8 cm³/mol. The van der Waals surface area contributed by atoms with Gasteiger partial charge in [-0.25, -0.2) is 0 Å². The molecule has 1 fully saturated rings. The van der Waals surface area contributed by atoms with Crippen molar-refractivity contribution in [2.75, 3.05) is 13.2 Å². The van der Waals surface area contributed by atoms with Crippen LogP contribution < -0.4 is 5.32 Å². The number of fused-ring (bicyclic) bond motifs is 1. The molecule has 0 radical (unpaired) electrons. The molecule has 1 aromatic rings. The summed E-state index contributed by atoms with van der Waals surface area (Å²) in [6.45, 7) is 1.84. The van der Waals surface area contributed by atoms with Crippen LogP contribution in [0.1, 0.15) is 42.9 Å². The van der Waals surface area contributed by atoms with Gasteiger partial charge in [0.15, 0.2) is 0 Å². The van der Waals surface area contributed by atoms with Crippen LogP contribution in [-0.2, 0) is 11.2 Å². The molecule has 2 aliphatic rings. The van der Waals surface area contributed by atoms with Crippen molar-refractivity contribution in [1.29, 1.82) is 0 Å². The quantitative estimate of drug-likeness (QED) is 0.862. The van der Waals surface area contributed by atoms with Gasteiger partial charge in [-0.05, 0) is 49.3 Å². The lowest BCUT2D eigenvalue weighted by Gasteiger charge is -2.25. The summed E-state index contributed by atoms with van der Waals surface area (Å²) in [7, 11) is 0. The lowest BCUT2D eigenvalue weighted by Crippen LogP contribution is -2.33. The van der Waals surface area contributed by atoms with E-state index in [0.717, 1.165) is 31.6 Å². The Morgan fingerprint density at radius 3 is 3.06 bits per heavy atom. The van der Waals surface area contributed by atoms with Gasteiger partial charge in [0.25, 0.3) is 0 Å². The molecule has 3 rings (SSSR count). The number of nitrogens with one attached hydrogen (secondary N) is 1. The van der Waals surface area contributed by atoms with Crippen LogP contribution in [0.25, 0.3) is 0 Å². The third kappa shape index (κ3) is 2.38. The summed E-state index contributed by atoms with van der Waals surface area (Å²) < 4.78 is 5.74. The fourth-order valence-electron chi connectivity index (χ4n) is 3.09. The minimum absolute atomic E-state index is 0.375. The van der Waals surface area contributed by atoms with E-state index in [0.29, 0.717) is 17.9 Å². The van der Waals surface area contributed by atoms with Crippen molar-refractivity contribution in [3.63, 3.8) is 0 Å². The zero-order chi connectivity index (χ0) is 12.4. The van der Waals surface area contributed by atoms with Crippen LogP contribution in [0, 0.1) is 0 Å². The molecule has 0 spiro atoms. The minimum Gasteiger partial charge on any atom is -0.508 e. The zero-order valence-corrected chi connectivity index (χ0v) is 10.7. The van der Waals surface area contributed by atoms with Gasteiger partial charge in [-0.1, -0.05) is 12.1 Å². The van der Waals surface area contributed by atoms with Crippen molar-refractivity contribution in [1.82, 2.24) is 5.32 Å². The molecule has 1 aliphatic carbocycles. The first-order valence-corrected chi connectivity index (χ1v) is 7.00. The van der Waals surface area contributed by atoms with E-state index in [1.165, 1.54) is 24.8 Å². The van der Waals surface area contributed by atoms with Gasteiger partial charge in [-0.2, -0.15) is 0 Å². The topological polar surface area (TPSA) is 41.5 Å². The number of aromatic hydroxyl groups is 1. The van der Waals surface area contributed by atoms with Crippen molar-refractivity contribution in [2.24, 2.45) is 0 Å². The van der Waals surface area contributed by atoms with E-state index in [1.807, 2.05) is 6.07 Å². The Morgan fingerprint density at radius 2 is 2.22 bits per heavy atom. The normalized spacial score (nSPS) is 27.1. The smallest absolute Gasteiger partial charge is 0.119 e. The fourth-order valence-corrected chi connectivity index (χ4v) is 3.09. The molecule has 0 aromatic heterocycles. The molecule has 2 N–H and O–H groups in total. The van der Waals surface area contributed by atoms with Crippen molar-refractivity contribution in [2.45, 2.75) is 44.2 Å². The van der Waals surface area contributed by atoms with Crippen LogP contribution in [-0.4, -0.2) is 24.4 Å². The Kier molecular flexibility index (Phi) is 3.52. The van der Waals surface area contributed by atoms with E-state index in [-0.39, 0.29) is 0 Å². The van der Waals surface area contributed by atoms with Gasteiger partial charge in [0, 0.05) is 19.2 Å². The number of phenolic OH excluding ortho intramolecular Hbond substituents is 1. The molecule has 1 heterocycles. The summed E-state index contributed by atoms with van der Waals surface area (Å²) in [5.41, 5.74) is 2.39. The highest BCUT2D eigenvalue weighted by molar-refractivity contribution is 5.44. The van der Waals surface area contributed by atoms with E-state index in [2.05, 4.69) is 11.4 Å². The molecular formula is C15H21NO2. The van der Waals surface area contributed by atoms with Crippen LogP contribution in [0.15, 0.2) is 18.2 Å². The summed E-state index contributed by atoms with van der Waals surface area (Å²) >= 11 is 0. The molecule has 0 bridgehead atoms. The third-order valence-electron chi connectivity index (χ3n) is 4.11. The Balaban J connectivity index is 1.60. The van der Waals surface area contributed by atoms with Gasteiger partial charge in [-0.15, -0.1) is 0 Å². The van der Waals surface area contributed by atoms with Crippen molar-refractivity contribution in [3.8, 4) is 5.75 Å². The van der Waals surface area contributed by atoms with Gasteiger partial charge < -0.3 is 15.2 Å². The summed E-state index contributed by atoms with van der Waals surface area (Å²) in [5.74, 6) is 0.450. The maximum absolute atomic E-state index is 9.81. The van der Waals surface area contributed by atoms with Crippen LogP contribution in [0.2, 0.25) is 0 Å². The van der Waals surface area contributed by atoms with Gasteiger partial charge in [0.1, 0.15) is 5.75 Å². The number of rotatable bonds is 3. The van der Waals surface area contributed by atoms with Gasteiger partial charge in [0.05, 0.1) is 6.10 Å². The third-order valence-corrected chi connectivity index (χ3v) is 4.11. The summed E-state index contributed by atoms with van der Waals surface area (Å²) in [6.07, 6.45) is 6.10. The Morgan fingerprint density at radius 1 is 1.28 bits per heavy atom. The summed E-state index contributed by atoms with van der Waals surface area (Å²) in [5, 5.41) is 13.4. The van der Waals surface area contributed by atoms with E-state index in [4.69, 9.17) is 4.74 Å². The second-order valence-electron chi connectivity index (χ2n) is 5.33. The van der Waals surface area contributed by atoms with Crippen LogP contribution in [0.3, 0.4) is 0 Å². The molecule has 18 heavy (non-hydrogen) atoms. The number of phenols is 1. The van der Waals surface area contributed by atoms with Gasteiger partial charge >= 0.3 is 0 Å². The highest BCUT2D eigenvalue weighted by Gasteiger charge is 2.25. The average Bonchev–Trinajstić information content (AvgIpc) is 2.82. The van der Waals surface area contributed by atoms with E-state index >= 15 is 0 Å². The zero-order valence-electron chi connectivity index (χ0n) is 10.7. The molecule has 3 nitrogen and oxygen atoms in total. The second kappa shape index (κ2) is 5.29. The minimum atomic E-state index is 0.375. The maximum Gasteiger partial charge on any atom is 0.119 e. The summed E-state index contributed by atoms with van der Waals surface area (Å²) in [6, 6.07) is 6.23. The largest absolute Gasteiger partial charge is 0.508 e. The van der Waals surface area contributed by atoms with Crippen molar-refractivity contribution in [3.05, 3.63) is 29.3 Å². The van der Waals surface area contributed by atoms with Crippen LogP contribution in [0.5, 0.6) is 5.75 Å². The van der Waals surface area contributed by atoms with Gasteiger partial charge in [0.2, 0.25) is 0 Å². The summed E-state index contributed by atoms with van der Waals surface area (Å²) in [4.78, 5) is 0. The van der Waals surface area contributed by atoms with Crippen molar-refractivity contribution < 1.29 is 9.84 Å². The van der Waals surface area contributed by atoms with Gasteiger partial charge in [-0.3, -0.25) is 0 Å². The van der Waals surface area contributed by atoms with E-state index in [1.54, 1.807) is 6.07 Å². The van der Waals surface area contributed by atoms with E-state index < -0.39 is 0 Å². The van der Waals surface area contributed by atoms with Crippen LogP contribution in [0.4, 0.5) is 0 Å². The molecule has 98 valence electrons. The molecule has 3 heteroatoms. The lowest BCUT2D eigenvalue weighted by atomic mass is 10.1. The first-order valence-electron chi connectivity index (χ1n) is 7.00. The highest BCUT2D eigenvalue weighted by atomic mass is 16.5. The molecule has 1 aromatic carbocycles. The fraction of sp³-hybridized carbons (Fsp3) is 0.600. The standard InChI is InChI=1S/C15H21NO2/c17-15-6-3-5-12-13(15)7-8-14(12)16-10-11-4-1-2-9-18-11/h3,5-6,11,14,16-17H,1-2,4,7-10H2. The highest BCUT2D eigenvalue weighted by Crippen LogP contribution is 2.36. The van der Waals surface area contributed by atoms with Crippen molar-refractivity contribution >= 4 is 0 Å². The first-order chi connectivity index (χ1) is 8.84. The first kappa shape index (κ1) is 12.0. The monoisotopic (exact) mass is 247 g/mol. The molecule has 1 aliphatic heterocycles.